The normalized spacial score (nSPS) is 21.4. The van der Waals surface area contributed by atoms with Gasteiger partial charge in [0.1, 0.15) is 5.82 Å². The lowest BCUT2D eigenvalue weighted by atomic mass is 9.84. The number of hydrogen-bond acceptors (Lipinski definition) is 3. The maximum absolute atomic E-state index is 13.7. The third-order valence-corrected chi connectivity index (χ3v) is 5.88. The summed E-state index contributed by atoms with van der Waals surface area (Å²) in [6.45, 7) is 1.39. The van der Waals surface area contributed by atoms with Crippen molar-refractivity contribution in [3.05, 3.63) is 65.0 Å². The molecule has 1 N–H and O–H groups in total. The van der Waals surface area contributed by atoms with Gasteiger partial charge in [-0.2, -0.15) is 0 Å². The second kappa shape index (κ2) is 8.27. The van der Waals surface area contributed by atoms with Crippen LogP contribution in [0.2, 0.25) is 0 Å². The fraction of sp³-hybridized carbons (Fsp3) is 0.409. The summed E-state index contributed by atoms with van der Waals surface area (Å²) in [5.41, 5.74) is 2.11. The van der Waals surface area contributed by atoms with Crippen molar-refractivity contribution in [3.8, 4) is 0 Å². The molecule has 1 saturated carbocycles. The Morgan fingerprint density at radius 2 is 1.79 bits per heavy atom. The van der Waals surface area contributed by atoms with Gasteiger partial charge in [0.15, 0.2) is 11.5 Å². The number of rotatable bonds is 3. The molecule has 5 nitrogen and oxygen atoms in total. The topological polar surface area (TPSA) is 62.3 Å². The van der Waals surface area contributed by atoms with Crippen LogP contribution in [0.3, 0.4) is 0 Å². The van der Waals surface area contributed by atoms with E-state index < -0.39 is 23.2 Å². The molecule has 1 aliphatic heterocycles. The van der Waals surface area contributed by atoms with Gasteiger partial charge in [0.25, 0.3) is 5.91 Å². The molecule has 0 atom stereocenters. The Balaban J connectivity index is 1.30. The van der Waals surface area contributed by atoms with Crippen LogP contribution < -0.4 is 5.32 Å². The number of nitrogens with one attached hydrogen (secondary N) is 1. The van der Waals surface area contributed by atoms with Crippen molar-refractivity contribution in [2.45, 2.75) is 44.7 Å². The average molecular weight is 399 g/mol. The number of benzene rings is 1. The number of nitrogens with zero attached hydrogens (tertiary/aromatic N) is 2. The molecule has 1 aromatic carbocycles. The summed E-state index contributed by atoms with van der Waals surface area (Å²) in [5, 5.41) is 2.76. The molecule has 0 spiro atoms. The van der Waals surface area contributed by atoms with Crippen LogP contribution in [0.1, 0.15) is 47.3 Å². The largest absolute Gasteiger partial charge is 0.348 e. The number of aromatic nitrogens is 1. The monoisotopic (exact) mass is 399 g/mol. The number of hydrogen-bond donors (Lipinski definition) is 1. The lowest BCUT2D eigenvalue weighted by Gasteiger charge is -2.35. The Bertz CT molecular complexity index is 926. The predicted octanol–water partition coefficient (Wildman–Crippen LogP) is 3.23. The molecule has 1 aliphatic carbocycles. The van der Waals surface area contributed by atoms with E-state index in [9.17, 15) is 18.4 Å². The van der Waals surface area contributed by atoms with E-state index in [1.54, 1.807) is 0 Å². The van der Waals surface area contributed by atoms with E-state index >= 15 is 0 Å². The summed E-state index contributed by atoms with van der Waals surface area (Å²) in [5.74, 6) is -2.32. The molecular weight excluding hydrogens is 376 g/mol. The van der Waals surface area contributed by atoms with Gasteiger partial charge in [0, 0.05) is 31.1 Å². The molecule has 4 rings (SSSR count). The van der Waals surface area contributed by atoms with E-state index in [0.29, 0.717) is 38.3 Å². The second-order valence-electron chi connectivity index (χ2n) is 7.78. The summed E-state index contributed by atoms with van der Waals surface area (Å²) in [7, 11) is 0. The molecule has 1 fully saturated rings. The summed E-state index contributed by atoms with van der Waals surface area (Å²) >= 11 is 0. The number of halogens is 2. The Morgan fingerprint density at radius 1 is 1.07 bits per heavy atom. The molecule has 152 valence electrons. The molecule has 0 unspecified atom stereocenters. The summed E-state index contributed by atoms with van der Waals surface area (Å²) in [4.78, 5) is 30.6. The third-order valence-electron chi connectivity index (χ3n) is 5.88. The molecule has 29 heavy (non-hydrogen) atoms. The minimum atomic E-state index is -0.975. The van der Waals surface area contributed by atoms with Crippen molar-refractivity contribution in [1.82, 2.24) is 15.2 Å². The number of pyridine rings is 1. The van der Waals surface area contributed by atoms with Gasteiger partial charge in [-0.15, -0.1) is 0 Å². The molecule has 2 aliphatic rings. The third kappa shape index (κ3) is 4.28. The lowest BCUT2D eigenvalue weighted by molar-refractivity contribution is -0.137. The highest BCUT2D eigenvalue weighted by atomic mass is 19.1. The van der Waals surface area contributed by atoms with E-state index in [1.807, 2.05) is 17.0 Å². The van der Waals surface area contributed by atoms with Gasteiger partial charge in [-0.1, -0.05) is 24.3 Å². The zero-order valence-electron chi connectivity index (χ0n) is 16.0. The quantitative estimate of drug-likeness (QED) is 0.862. The zero-order valence-corrected chi connectivity index (χ0v) is 16.0. The van der Waals surface area contributed by atoms with Gasteiger partial charge in [-0.25, -0.2) is 13.8 Å². The van der Waals surface area contributed by atoms with Gasteiger partial charge in [0.2, 0.25) is 5.91 Å². The lowest BCUT2D eigenvalue weighted by Crippen LogP contribution is -2.44. The van der Waals surface area contributed by atoms with E-state index in [4.69, 9.17) is 0 Å². The van der Waals surface area contributed by atoms with E-state index in [0.717, 1.165) is 19.2 Å². The van der Waals surface area contributed by atoms with Crippen molar-refractivity contribution in [1.29, 1.82) is 0 Å². The van der Waals surface area contributed by atoms with Crippen LogP contribution in [-0.4, -0.2) is 34.3 Å². The maximum atomic E-state index is 13.7. The zero-order chi connectivity index (χ0) is 20.4. The van der Waals surface area contributed by atoms with Crippen molar-refractivity contribution >= 4 is 11.8 Å². The van der Waals surface area contributed by atoms with Crippen LogP contribution in [-0.2, 0) is 17.8 Å². The molecule has 0 saturated heterocycles. The Hall–Kier alpha value is -2.83. The van der Waals surface area contributed by atoms with E-state index in [1.165, 1.54) is 11.1 Å². The number of amides is 2. The number of carbonyl (C=O) groups is 2. The minimum absolute atomic E-state index is 0.0471. The van der Waals surface area contributed by atoms with Crippen LogP contribution in [0.4, 0.5) is 8.78 Å². The highest BCUT2D eigenvalue weighted by Gasteiger charge is 2.32. The van der Waals surface area contributed by atoms with Gasteiger partial charge < -0.3 is 10.2 Å². The van der Waals surface area contributed by atoms with Crippen LogP contribution in [0, 0.1) is 17.6 Å². The highest BCUT2D eigenvalue weighted by molar-refractivity contribution is 5.92. The highest BCUT2D eigenvalue weighted by Crippen LogP contribution is 2.28. The number of carbonyl (C=O) groups excluding carboxylic acids is 2. The smallest absolute Gasteiger partial charge is 0.273 e. The summed E-state index contributed by atoms with van der Waals surface area (Å²) < 4.78 is 26.7. The molecule has 0 radical (unpaired) electrons. The SMILES string of the molecule is O=C(NC1CCC(C(=O)N2CCc3ccccc3C2)CC1)c1ncc(F)cc1F. The molecule has 2 amide bonds. The average Bonchev–Trinajstić information content (AvgIpc) is 2.73. The minimum Gasteiger partial charge on any atom is -0.348 e. The second-order valence-corrected chi connectivity index (χ2v) is 7.78. The summed E-state index contributed by atoms with van der Waals surface area (Å²) in [6.07, 6.45) is 4.36. The van der Waals surface area contributed by atoms with Gasteiger partial charge >= 0.3 is 0 Å². The molecule has 2 aromatic rings. The van der Waals surface area contributed by atoms with Crippen LogP contribution in [0.25, 0.3) is 0 Å². The summed E-state index contributed by atoms with van der Waals surface area (Å²) in [6, 6.07) is 8.72. The van der Waals surface area contributed by atoms with Crippen molar-refractivity contribution < 1.29 is 18.4 Å². The van der Waals surface area contributed by atoms with Crippen molar-refractivity contribution in [2.75, 3.05) is 6.54 Å². The van der Waals surface area contributed by atoms with Crippen LogP contribution in [0.15, 0.2) is 36.5 Å². The molecule has 1 aromatic heterocycles. The Morgan fingerprint density at radius 3 is 2.52 bits per heavy atom. The van der Waals surface area contributed by atoms with E-state index in [2.05, 4.69) is 22.4 Å². The van der Waals surface area contributed by atoms with Gasteiger partial charge in [-0.05, 0) is 43.2 Å². The molecular formula is C22H23F2N3O2. The van der Waals surface area contributed by atoms with E-state index in [-0.39, 0.29) is 17.9 Å². The first-order valence-electron chi connectivity index (χ1n) is 9.98. The van der Waals surface area contributed by atoms with Crippen LogP contribution >= 0.6 is 0 Å². The maximum Gasteiger partial charge on any atom is 0.273 e. The Kier molecular flexibility index (Phi) is 5.56. The molecule has 7 heteroatoms. The molecule has 0 bridgehead atoms. The first-order valence-corrected chi connectivity index (χ1v) is 9.98. The standard InChI is InChI=1S/C22H23F2N3O2/c23-17-11-19(24)20(25-12-17)21(28)26-18-7-5-15(6-8-18)22(29)27-10-9-14-3-1-2-4-16(14)13-27/h1-4,11-12,15,18H,5-10,13H2,(H,26,28). The Labute approximate surface area is 168 Å². The first kappa shape index (κ1) is 19.5. The van der Waals surface area contributed by atoms with Crippen molar-refractivity contribution in [3.63, 3.8) is 0 Å². The van der Waals surface area contributed by atoms with Gasteiger partial charge in [-0.3, -0.25) is 9.59 Å². The fourth-order valence-electron chi connectivity index (χ4n) is 4.26. The van der Waals surface area contributed by atoms with Crippen LogP contribution in [0.5, 0.6) is 0 Å². The molecule has 2 heterocycles. The first-order chi connectivity index (χ1) is 14.0. The predicted molar refractivity (Wildman–Crippen MR) is 103 cm³/mol. The van der Waals surface area contributed by atoms with Gasteiger partial charge in [0.05, 0.1) is 6.20 Å². The number of fused-ring (bicyclic) bond motifs is 1. The van der Waals surface area contributed by atoms with Crippen molar-refractivity contribution in [2.24, 2.45) is 5.92 Å². The fourth-order valence-corrected chi connectivity index (χ4v) is 4.26.